The Kier molecular flexibility index (Phi) is 6.36. The van der Waals surface area contributed by atoms with Crippen LogP contribution in [0.15, 0.2) is 24.3 Å². The molecule has 3 nitrogen and oxygen atoms in total. The first kappa shape index (κ1) is 15.5. The van der Waals surface area contributed by atoms with Crippen LogP contribution >= 0.6 is 11.6 Å². The second-order valence-corrected chi connectivity index (χ2v) is 4.64. The smallest absolute Gasteiger partial charge is 0.303 e. The fraction of sp³-hybridized carbons (Fsp3) is 0.357. The van der Waals surface area contributed by atoms with Gasteiger partial charge in [0.15, 0.2) is 0 Å². The lowest BCUT2D eigenvalue weighted by molar-refractivity contribution is -0.137. The van der Waals surface area contributed by atoms with Gasteiger partial charge in [0.1, 0.15) is 11.6 Å². The van der Waals surface area contributed by atoms with Gasteiger partial charge in [0, 0.05) is 11.4 Å². The molecule has 0 aliphatic rings. The maximum absolute atomic E-state index is 13.8. The van der Waals surface area contributed by atoms with Crippen molar-refractivity contribution in [2.24, 2.45) is 0 Å². The van der Waals surface area contributed by atoms with E-state index in [9.17, 15) is 14.3 Å². The molecule has 0 fully saturated rings. The molecule has 0 aliphatic heterocycles. The number of carbonyl (C=O) groups is 1. The molecule has 0 amide bonds. The molecule has 0 aromatic heterocycles. The molecule has 0 unspecified atom stereocenters. The minimum atomic E-state index is -0.814. The van der Waals surface area contributed by atoms with Crippen molar-refractivity contribution >= 4 is 23.4 Å². The van der Waals surface area contributed by atoms with Crippen molar-refractivity contribution < 1.29 is 19.4 Å². The van der Waals surface area contributed by atoms with Gasteiger partial charge in [-0.25, -0.2) is 4.39 Å². The molecule has 0 saturated heterocycles. The van der Waals surface area contributed by atoms with E-state index in [1.807, 2.05) is 0 Å². The molecule has 104 valence electrons. The first-order valence-electron chi connectivity index (χ1n) is 6.07. The Balaban J connectivity index is 2.44. The number of allylic oxidation sites excluding steroid dienone is 1. The van der Waals surface area contributed by atoms with Crippen molar-refractivity contribution in [3.05, 3.63) is 34.9 Å². The third-order valence-electron chi connectivity index (χ3n) is 2.63. The zero-order valence-electron chi connectivity index (χ0n) is 10.4. The lowest BCUT2D eigenvalue weighted by Crippen LogP contribution is -1.93. The van der Waals surface area contributed by atoms with Crippen LogP contribution in [-0.4, -0.2) is 16.2 Å². The quantitative estimate of drug-likeness (QED) is 0.731. The first-order valence-corrected chi connectivity index (χ1v) is 6.45. The minimum absolute atomic E-state index is 0.0815. The van der Waals surface area contributed by atoms with Crippen LogP contribution < -0.4 is 0 Å². The Bertz CT molecular complexity index is 472. The highest BCUT2D eigenvalue weighted by atomic mass is 35.5. The first-order chi connectivity index (χ1) is 9.00. The number of phenolic OH excluding ortho intramolecular Hbond substituents is 1. The third kappa shape index (κ3) is 5.75. The number of phenols is 1. The second-order valence-electron chi connectivity index (χ2n) is 4.21. The van der Waals surface area contributed by atoms with Crippen LogP contribution in [-0.2, 0) is 4.79 Å². The van der Waals surface area contributed by atoms with Gasteiger partial charge < -0.3 is 10.2 Å². The number of halogens is 2. The number of aromatic hydroxyl groups is 1. The number of hydrogen-bond acceptors (Lipinski definition) is 2. The lowest BCUT2D eigenvalue weighted by Gasteiger charge is -2.03. The highest BCUT2D eigenvalue weighted by molar-refractivity contribution is 6.30. The van der Waals surface area contributed by atoms with E-state index in [0.717, 1.165) is 6.42 Å². The van der Waals surface area contributed by atoms with Crippen LogP contribution in [0.2, 0.25) is 5.02 Å². The zero-order chi connectivity index (χ0) is 14.3. The lowest BCUT2D eigenvalue weighted by atomic mass is 10.1. The van der Waals surface area contributed by atoms with Crippen LogP contribution in [0.5, 0.6) is 5.75 Å². The number of rotatable bonds is 7. The van der Waals surface area contributed by atoms with E-state index in [0.29, 0.717) is 24.3 Å². The van der Waals surface area contributed by atoms with Gasteiger partial charge in [0.2, 0.25) is 0 Å². The maximum atomic E-state index is 13.8. The highest BCUT2D eigenvalue weighted by Crippen LogP contribution is 2.29. The maximum Gasteiger partial charge on any atom is 0.303 e. The van der Waals surface area contributed by atoms with E-state index in [-0.39, 0.29) is 17.7 Å². The molecule has 0 saturated carbocycles. The van der Waals surface area contributed by atoms with Crippen molar-refractivity contribution in [2.45, 2.75) is 32.1 Å². The number of hydrogen-bond donors (Lipinski definition) is 2. The molecular formula is C14H16ClFO3. The van der Waals surface area contributed by atoms with Crippen LogP contribution in [0, 0.1) is 0 Å². The van der Waals surface area contributed by atoms with Gasteiger partial charge in [-0.1, -0.05) is 18.0 Å². The van der Waals surface area contributed by atoms with Crippen LogP contribution in [0.25, 0.3) is 5.83 Å². The number of carboxylic acid groups (broad SMARTS) is 1. The molecule has 2 N–H and O–H groups in total. The summed E-state index contributed by atoms with van der Waals surface area (Å²) in [4.78, 5) is 10.3. The normalized spacial score (nSPS) is 11.6. The summed E-state index contributed by atoms with van der Waals surface area (Å²) < 4.78 is 13.8. The number of unbranched alkanes of at least 4 members (excludes halogenated alkanes) is 3. The van der Waals surface area contributed by atoms with Gasteiger partial charge in [0.05, 0.1) is 5.56 Å². The predicted octanol–water partition coefficient (Wildman–Crippen LogP) is 4.39. The average molecular weight is 287 g/mol. The van der Waals surface area contributed by atoms with Gasteiger partial charge in [-0.05, 0) is 43.5 Å². The van der Waals surface area contributed by atoms with Crippen LogP contribution in [0.1, 0.15) is 37.7 Å². The van der Waals surface area contributed by atoms with Crippen molar-refractivity contribution in [1.29, 1.82) is 0 Å². The summed E-state index contributed by atoms with van der Waals surface area (Å²) in [6, 6.07) is 4.20. The third-order valence-corrected chi connectivity index (χ3v) is 2.87. The van der Waals surface area contributed by atoms with Crippen molar-refractivity contribution in [3.8, 4) is 5.75 Å². The number of carboxylic acids is 1. The largest absolute Gasteiger partial charge is 0.507 e. The summed E-state index contributed by atoms with van der Waals surface area (Å²) in [5, 5.41) is 18.3. The monoisotopic (exact) mass is 286 g/mol. The second kappa shape index (κ2) is 7.79. The molecule has 0 spiro atoms. The average Bonchev–Trinajstić information content (AvgIpc) is 2.36. The highest BCUT2D eigenvalue weighted by Gasteiger charge is 2.07. The van der Waals surface area contributed by atoms with E-state index in [2.05, 4.69) is 0 Å². The molecular weight excluding hydrogens is 271 g/mol. The van der Waals surface area contributed by atoms with E-state index in [1.54, 1.807) is 0 Å². The molecule has 0 radical (unpaired) electrons. The van der Waals surface area contributed by atoms with E-state index in [4.69, 9.17) is 16.7 Å². The Morgan fingerprint density at radius 1 is 1.32 bits per heavy atom. The fourth-order valence-electron chi connectivity index (χ4n) is 1.64. The standard InChI is InChI=1S/C14H16ClFO3/c15-10-7-8-13(17)11(9-10)12(16)5-3-1-2-4-6-14(18)19/h5,7-9,17H,1-4,6H2,(H,18,19)/b12-5-. The Morgan fingerprint density at radius 3 is 2.74 bits per heavy atom. The molecule has 0 atom stereocenters. The van der Waals surface area contributed by atoms with Crippen LogP contribution in [0.3, 0.4) is 0 Å². The summed E-state index contributed by atoms with van der Waals surface area (Å²) in [6.07, 6.45) is 4.05. The van der Waals surface area contributed by atoms with Gasteiger partial charge >= 0.3 is 5.97 Å². The number of benzene rings is 1. The van der Waals surface area contributed by atoms with E-state index in [1.165, 1.54) is 24.3 Å². The molecule has 19 heavy (non-hydrogen) atoms. The van der Waals surface area contributed by atoms with Gasteiger partial charge in [0.25, 0.3) is 0 Å². The molecule has 5 heteroatoms. The fourth-order valence-corrected chi connectivity index (χ4v) is 1.81. The van der Waals surface area contributed by atoms with Gasteiger partial charge in [-0.15, -0.1) is 0 Å². The topological polar surface area (TPSA) is 57.5 Å². The number of aliphatic carboxylic acids is 1. The van der Waals surface area contributed by atoms with E-state index >= 15 is 0 Å². The molecule has 0 aliphatic carbocycles. The molecule has 0 heterocycles. The SMILES string of the molecule is O=C(O)CCCCC/C=C(\F)c1cc(Cl)ccc1O. The van der Waals surface area contributed by atoms with Gasteiger partial charge in [-0.2, -0.15) is 0 Å². The Hall–Kier alpha value is -1.55. The van der Waals surface area contributed by atoms with Gasteiger partial charge in [-0.3, -0.25) is 4.79 Å². The summed E-state index contributed by atoms with van der Waals surface area (Å²) in [5.74, 6) is -1.48. The van der Waals surface area contributed by atoms with Crippen molar-refractivity contribution in [2.75, 3.05) is 0 Å². The summed E-state index contributed by atoms with van der Waals surface area (Å²) in [5.41, 5.74) is 0.0815. The van der Waals surface area contributed by atoms with Crippen molar-refractivity contribution in [3.63, 3.8) is 0 Å². The van der Waals surface area contributed by atoms with Crippen molar-refractivity contribution in [1.82, 2.24) is 0 Å². The van der Waals surface area contributed by atoms with Crippen LogP contribution in [0.4, 0.5) is 4.39 Å². The molecule has 1 aromatic carbocycles. The Morgan fingerprint density at radius 2 is 2.05 bits per heavy atom. The molecule has 1 aromatic rings. The molecule has 1 rings (SSSR count). The predicted molar refractivity (Wildman–Crippen MR) is 72.9 cm³/mol. The summed E-state index contributed by atoms with van der Waals surface area (Å²) in [7, 11) is 0. The summed E-state index contributed by atoms with van der Waals surface area (Å²) >= 11 is 5.73. The Labute approximate surface area is 116 Å². The molecule has 0 bridgehead atoms. The minimum Gasteiger partial charge on any atom is -0.507 e. The summed E-state index contributed by atoms with van der Waals surface area (Å²) in [6.45, 7) is 0. The van der Waals surface area contributed by atoms with E-state index < -0.39 is 11.8 Å². The zero-order valence-corrected chi connectivity index (χ0v) is 11.2.